The first-order valence-corrected chi connectivity index (χ1v) is 10.7. The first-order chi connectivity index (χ1) is 12.0. The van der Waals surface area contributed by atoms with E-state index in [0.717, 1.165) is 24.6 Å². The lowest BCUT2D eigenvalue weighted by molar-refractivity contribution is -0.276. The van der Waals surface area contributed by atoms with Crippen LogP contribution in [0.1, 0.15) is 58.3 Å². The lowest BCUT2D eigenvalue weighted by Gasteiger charge is -2.70. The van der Waals surface area contributed by atoms with Gasteiger partial charge in [0.1, 0.15) is 6.23 Å². The largest absolute Gasteiger partial charge is 0.388 e. The van der Waals surface area contributed by atoms with Crippen molar-refractivity contribution in [2.75, 3.05) is 19.7 Å². The van der Waals surface area contributed by atoms with Crippen molar-refractivity contribution in [1.82, 2.24) is 4.90 Å². The summed E-state index contributed by atoms with van der Waals surface area (Å²) in [4.78, 5) is 2.69. The predicted molar refractivity (Wildman–Crippen MR) is 96.8 cm³/mol. The molecule has 1 N–H and O–H groups in total. The Labute approximate surface area is 151 Å². The molecule has 2 aliphatic heterocycles. The highest BCUT2D eigenvalue weighted by atomic mass is 16.5. The normalized spacial score (nSPS) is 60.1. The Hall–Kier alpha value is -0.380. The van der Waals surface area contributed by atoms with Crippen LogP contribution in [0.15, 0.2) is 12.2 Å². The van der Waals surface area contributed by atoms with Gasteiger partial charge < -0.3 is 9.84 Å². The highest BCUT2D eigenvalue weighted by molar-refractivity contribution is 5.29. The number of piperidine rings is 1. The quantitative estimate of drug-likeness (QED) is 0.683. The molecule has 4 aliphatic carbocycles. The van der Waals surface area contributed by atoms with Crippen LogP contribution in [-0.2, 0) is 4.74 Å². The van der Waals surface area contributed by atoms with E-state index < -0.39 is 0 Å². The minimum absolute atomic E-state index is 0.115. The van der Waals surface area contributed by atoms with Gasteiger partial charge in [0.25, 0.3) is 0 Å². The Balaban J connectivity index is 1.53. The molecule has 25 heavy (non-hydrogen) atoms. The molecule has 0 amide bonds. The third-order valence-electron chi connectivity index (χ3n) is 9.95. The monoisotopic (exact) mass is 343 g/mol. The molecule has 0 unspecified atom stereocenters. The van der Waals surface area contributed by atoms with Crippen molar-refractivity contribution in [2.45, 2.75) is 70.6 Å². The second kappa shape index (κ2) is 4.72. The smallest absolute Gasteiger partial charge is 0.117 e. The average Bonchev–Trinajstić information content (AvgIpc) is 3.12. The van der Waals surface area contributed by atoms with Crippen molar-refractivity contribution < 1.29 is 9.84 Å². The Morgan fingerprint density at radius 3 is 2.92 bits per heavy atom. The first kappa shape index (κ1) is 15.7. The van der Waals surface area contributed by atoms with Crippen molar-refractivity contribution in [3.63, 3.8) is 0 Å². The van der Waals surface area contributed by atoms with Crippen LogP contribution in [0.5, 0.6) is 0 Å². The van der Waals surface area contributed by atoms with Gasteiger partial charge in [0.15, 0.2) is 0 Å². The lowest BCUT2D eigenvalue weighted by Crippen LogP contribution is -2.71. The molecule has 6 fully saturated rings. The van der Waals surface area contributed by atoms with Crippen LogP contribution in [0.25, 0.3) is 0 Å². The van der Waals surface area contributed by atoms with E-state index in [1.165, 1.54) is 57.9 Å². The van der Waals surface area contributed by atoms with E-state index >= 15 is 0 Å². The number of rotatable bonds is 0. The molecule has 0 aromatic carbocycles. The number of hydrogen-bond acceptors (Lipinski definition) is 3. The third kappa shape index (κ3) is 1.62. The van der Waals surface area contributed by atoms with Gasteiger partial charge in [-0.3, -0.25) is 4.90 Å². The summed E-state index contributed by atoms with van der Waals surface area (Å²) in [5.41, 5.74) is 2.03. The standard InChI is InChI=1S/C22H33NO2/c1-14-15-4-5-17-21(12-15,18(14)24)9-6-16-20(2)7-3-8-22(16,17)19-23(13-20)10-11-25-19/h15-19,24H,1,3-13H2,2H3/t15-,16-,17-,18+,19+,20+,21-,22+/m1/s1. The fourth-order valence-electron chi connectivity index (χ4n) is 9.31. The second-order valence-electron chi connectivity index (χ2n) is 10.6. The molecule has 0 aromatic heterocycles. The van der Waals surface area contributed by atoms with E-state index in [1.807, 2.05) is 0 Å². The van der Waals surface area contributed by atoms with Crippen LogP contribution in [0.2, 0.25) is 0 Å². The van der Waals surface area contributed by atoms with Crippen LogP contribution in [0.4, 0.5) is 0 Å². The maximum absolute atomic E-state index is 11.3. The summed E-state index contributed by atoms with van der Waals surface area (Å²) < 4.78 is 6.48. The highest BCUT2D eigenvalue weighted by Crippen LogP contribution is 2.75. The molecule has 3 nitrogen and oxygen atoms in total. The fraction of sp³-hybridized carbons (Fsp3) is 0.909. The van der Waals surface area contributed by atoms with E-state index in [2.05, 4.69) is 18.4 Å². The van der Waals surface area contributed by atoms with Gasteiger partial charge in [-0.1, -0.05) is 19.9 Å². The Morgan fingerprint density at radius 2 is 2.04 bits per heavy atom. The third-order valence-corrected chi connectivity index (χ3v) is 9.95. The summed E-state index contributed by atoms with van der Waals surface area (Å²) in [5, 5.41) is 11.3. The summed E-state index contributed by atoms with van der Waals surface area (Å²) in [6.45, 7) is 10.2. The van der Waals surface area contributed by atoms with Gasteiger partial charge in [0.2, 0.25) is 0 Å². The van der Waals surface area contributed by atoms with E-state index in [0.29, 0.717) is 23.5 Å². The molecule has 138 valence electrons. The van der Waals surface area contributed by atoms with E-state index in [1.54, 1.807) is 0 Å². The number of nitrogens with zero attached hydrogens (tertiary/aromatic N) is 1. The number of hydrogen-bond donors (Lipinski definition) is 1. The topological polar surface area (TPSA) is 32.7 Å². The summed E-state index contributed by atoms with van der Waals surface area (Å²) in [5.74, 6) is 2.01. The minimum Gasteiger partial charge on any atom is -0.388 e. The molecule has 2 heterocycles. The molecule has 1 spiro atoms. The van der Waals surface area contributed by atoms with E-state index in [-0.39, 0.29) is 16.9 Å². The van der Waals surface area contributed by atoms with E-state index in [4.69, 9.17) is 4.74 Å². The fourth-order valence-corrected chi connectivity index (χ4v) is 9.31. The summed E-state index contributed by atoms with van der Waals surface area (Å²) in [7, 11) is 0. The molecular formula is C22H33NO2. The van der Waals surface area contributed by atoms with Crippen LogP contribution < -0.4 is 0 Å². The molecule has 4 bridgehead atoms. The summed E-state index contributed by atoms with van der Waals surface area (Å²) in [6.07, 6.45) is 10.4. The Bertz CT molecular complexity index is 634. The van der Waals surface area contributed by atoms with Gasteiger partial charge in [0.05, 0.1) is 12.7 Å². The van der Waals surface area contributed by atoms with Crippen molar-refractivity contribution >= 4 is 0 Å². The van der Waals surface area contributed by atoms with Gasteiger partial charge >= 0.3 is 0 Å². The van der Waals surface area contributed by atoms with Crippen LogP contribution in [-0.4, -0.2) is 42.0 Å². The summed E-state index contributed by atoms with van der Waals surface area (Å²) in [6, 6.07) is 0. The van der Waals surface area contributed by atoms with Crippen LogP contribution >= 0.6 is 0 Å². The molecule has 4 saturated carbocycles. The van der Waals surface area contributed by atoms with E-state index in [9.17, 15) is 5.11 Å². The maximum atomic E-state index is 11.3. The summed E-state index contributed by atoms with van der Waals surface area (Å²) >= 11 is 0. The zero-order chi connectivity index (χ0) is 17.0. The number of aliphatic hydroxyl groups excluding tert-OH is 1. The molecule has 0 radical (unpaired) electrons. The molecule has 3 heteroatoms. The Kier molecular flexibility index (Phi) is 2.95. The Morgan fingerprint density at radius 1 is 1.16 bits per heavy atom. The predicted octanol–water partition coefficient (Wildman–Crippen LogP) is 3.58. The number of aliphatic hydroxyl groups is 1. The minimum atomic E-state index is -0.259. The van der Waals surface area contributed by atoms with Crippen molar-refractivity contribution in [2.24, 2.45) is 34.0 Å². The second-order valence-corrected chi connectivity index (χ2v) is 10.6. The molecule has 0 aromatic rings. The zero-order valence-corrected chi connectivity index (χ0v) is 15.7. The van der Waals surface area contributed by atoms with Crippen molar-refractivity contribution in [1.29, 1.82) is 0 Å². The molecule has 6 rings (SSSR count). The van der Waals surface area contributed by atoms with Crippen molar-refractivity contribution in [3.05, 3.63) is 12.2 Å². The molecule has 8 atom stereocenters. The van der Waals surface area contributed by atoms with Crippen LogP contribution in [0.3, 0.4) is 0 Å². The number of fused-ring (bicyclic) bond motifs is 2. The lowest BCUT2D eigenvalue weighted by atomic mass is 9.38. The van der Waals surface area contributed by atoms with Crippen molar-refractivity contribution in [3.8, 4) is 0 Å². The van der Waals surface area contributed by atoms with Gasteiger partial charge in [-0.15, -0.1) is 0 Å². The van der Waals surface area contributed by atoms with Gasteiger partial charge in [-0.2, -0.15) is 0 Å². The SMILES string of the molecule is C=C1[C@@H]2CC[C@@H]3[C@@](CC[C@@H]4[C@@]5(C)CCC[C@]43[C@@H]3OCCN3C5)(C2)[C@H]1O. The average molecular weight is 344 g/mol. The molecular weight excluding hydrogens is 310 g/mol. The number of ether oxygens (including phenoxy) is 1. The molecule has 6 aliphatic rings. The first-order valence-electron chi connectivity index (χ1n) is 10.7. The highest BCUT2D eigenvalue weighted by Gasteiger charge is 2.73. The molecule has 2 saturated heterocycles. The van der Waals surface area contributed by atoms with Crippen LogP contribution in [0, 0.1) is 34.0 Å². The van der Waals surface area contributed by atoms with Gasteiger partial charge in [-0.25, -0.2) is 0 Å². The maximum Gasteiger partial charge on any atom is 0.117 e. The van der Waals surface area contributed by atoms with Gasteiger partial charge in [-0.05, 0) is 73.7 Å². The van der Waals surface area contributed by atoms with Gasteiger partial charge in [0, 0.05) is 23.9 Å². The zero-order valence-electron chi connectivity index (χ0n) is 15.7.